The van der Waals surface area contributed by atoms with Gasteiger partial charge < -0.3 is 0 Å². The highest BCUT2D eigenvalue weighted by atomic mass is 32.1. The van der Waals surface area contributed by atoms with Gasteiger partial charge in [0.25, 0.3) is 0 Å². The maximum Gasteiger partial charge on any atom is 0.0270 e. The first-order valence-corrected chi connectivity index (χ1v) is 11.3. The van der Waals surface area contributed by atoms with Gasteiger partial charge in [0.05, 0.1) is 0 Å². The Balaban J connectivity index is 1.64. The molecule has 0 amide bonds. The monoisotopic (exact) mass is 402 g/mol. The van der Waals surface area contributed by atoms with Crippen LogP contribution in [0.15, 0.2) is 70.7 Å². The summed E-state index contributed by atoms with van der Waals surface area (Å²) >= 11 is 5.27. The van der Waals surface area contributed by atoms with Crippen molar-refractivity contribution in [2.75, 3.05) is 0 Å². The minimum absolute atomic E-state index is 1.21. The molecule has 0 fully saturated rings. The summed E-state index contributed by atoms with van der Waals surface area (Å²) < 4.78 is 0. The van der Waals surface area contributed by atoms with Crippen LogP contribution in [0.2, 0.25) is 0 Å². The molecule has 27 heavy (non-hydrogen) atoms. The number of thiophene rings is 3. The molecule has 1 aromatic carbocycles. The Morgan fingerprint density at radius 2 is 0.778 bits per heavy atom. The van der Waals surface area contributed by atoms with Gasteiger partial charge in [0.15, 0.2) is 0 Å². The van der Waals surface area contributed by atoms with Gasteiger partial charge in [0.1, 0.15) is 0 Å². The van der Waals surface area contributed by atoms with Crippen LogP contribution in [0, 0.1) is 0 Å². The van der Waals surface area contributed by atoms with E-state index in [0.717, 1.165) is 0 Å². The zero-order valence-electron chi connectivity index (χ0n) is 14.6. The summed E-state index contributed by atoms with van der Waals surface area (Å²) in [7, 11) is 0. The highest BCUT2D eigenvalue weighted by molar-refractivity contribution is 7.11. The van der Waals surface area contributed by atoms with E-state index in [1.165, 1.54) is 31.3 Å². The summed E-state index contributed by atoms with van der Waals surface area (Å²) in [5.74, 6) is 0. The summed E-state index contributed by atoms with van der Waals surface area (Å²) in [5.41, 5.74) is 3.63. The predicted octanol–water partition coefficient (Wildman–Crippen LogP) is 8.38. The van der Waals surface area contributed by atoms with E-state index in [-0.39, 0.29) is 0 Å². The van der Waals surface area contributed by atoms with E-state index < -0.39 is 0 Å². The van der Waals surface area contributed by atoms with Crippen molar-refractivity contribution >= 4 is 70.5 Å². The molecular formula is C24H18S3. The zero-order valence-corrected chi connectivity index (χ0v) is 17.1. The predicted molar refractivity (Wildman–Crippen MR) is 126 cm³/mol. The number of rotatable bonds is 6. The van der Waals surface area contributed by atoms with Crippen LogP contribution in [0.5, 0.6) is 0 Å². The van der Waals surface area contributed by atoms with Gasteiger partial charge in [-0.05, 0) is 87.5 Å². The van der Waals surface area contributed by atoms with Crippen molar-refractivity contribution in [2.45, 2.75) is 0 Å². The van der Waals surface area contributed by atoms with Gasteiger partial charge in [-0.15, -0.1) is 34.0 Å². The Labute approximate surface area is 172 Å². The van der Waals surface area contributed by atoms with Crippen LogP contribution in [-0.2, 0) is 0 Å². The topological polar surface area (TPSA) is 0 Å². The second-order valence-corrected chi connectivity index (χ2v) is 8.92. The van der Waals surface area contributed by atoms with Crippen LogP contribution in [0.3, 0.4) is 0 Å². The van der Waals surface area contributed by atoms with Crippen molar-refractivity contribution < 1.29 is 0 Å². The fourth-order valence-corrected chi connectivity index (χ4v) is 4.54. The van der Waals surface area contributed by atoms with E-state index in [2.05, 4.69) is 107 Å². The summed E-state index contributed by atoms with van der Waals surface area (Å²) in [4.78, 5) is 3.81. The first-order valence-electron chi connectivity index (χ1n) is 8.65. The SMILES string of the molecule is C(=C\c1cccs1)/c1cc(/C=C/c2cccs2)cc(/C=C/c2cccs2)c1. The quantitative estimate of drug-likeness (QED) is 0.304. The minimum atomic E-state index is 1.21. The van der Waals surface area contributed by atoms with Crippen LogP contribution in [0.25, 0.3) is 36.5 Å². The standard InChI is InChI=1S/C24H18S3/c1-4-22(25-13-1)10-7-19-16-20(8-11-23-5-2-14-26-23)18-21(17-19)9-12-24-6-3-15-27-24/h1-18H/b10-7+,11-8+,12-9+. The van der Waals surface area contributed by atoms with Gasteiger partial charge in [-0.3, -0.25) is 0 Å². The summed E-state index contributed by atoms with van der Waals surface area (Å²) in [6.07, 6.45) is 13.1. The van der Waals surface area contributed by atoms with Crippen molar-refractivity contribution in [3.63, 3.8) is 0 Å². The number of hydrogen-bond donors (Lipinski definition) is 0. The molecule has 0 bridgehead atoms. The Morgan fingerprint density at radius 3 is 1.04 bits per heavy atom. The molecule has 0 radical (unpaired) electrons. The molecule has 3 aromatic heterocycles. The van der Waals surface area contributed by atoms with Crippen molar-refractivity contribution in [3.8, 4) is 0 Å². The van der Waals surface area contributed by atoms with E-state index in [1.807, 2.05) is 0 Å². The third-order valence-corrected chi connectivity index (χ3v) is 6.46. The van der Waals surface area contributed by atoms with E-state index >= 15 is 0 Å². The van der Waals surface area contributed by atoms with Crippen LogP contribution < -0.4 is 0 Å². The van der Waals surface area contributed by atoms with Gasteiger partial charge in [-0.2, -0.15) is 0 Å². The van der Waals surface area contributed by atoms with Crippen LogP contribution in [0.4, 0.5) is 0 Å². The Bertz CT molecular complexity index is 894. The third-order valence-electron chi connectivity index (χ3n) is 3.95. The molecule has 0 unspecified atom stereocenters. The molecule has 0 aliphatic carbocycles. The van der Waals surface area contributed by atoms with E-state index in [9.17, 15) is 0 Å². The van der Waals surface area contributed by atoms with E-state index in [0.29, 0.717) is 0 Å². The lowest BCUT2D eigenvalue weighted by molar-refractivity contribution is 1.59. The lowest BCUT2D eigenvalue weighted by Crippen LogP contribution is -1.81. The summed E-state index contributed by atoms with van der Waals surface area (Å²) in [5, 5.41) is 6.32. The van der Waals surface area contributed by atoms with Gasteiger partial charge in [-0.1, -0.05) is 36.4 Å². The molecule has 0 atom stereocenters. The molecule has 0 aliphatic heterocycles. The van der Waals surface area contributed by atoms with Gasteiger partial charge >= 0.3 is 0 Å². The molecule has 0 spiro atoms. The van der Waals surface area contributed by atoms with Crippen LogP contribution in [-0.4, -0.2) is 0 Å². The second kappa shape index (κ2) is 8.96. The molecule has 0 nitrogen and oxygen atoms in total. The highest BCUT2D eigenvalue weighted by Crippen LogP contribution is 2.21. The molecule has 132 valence electrons. The lowest BCUT2D eigenvalue weighted by atomic mass is 10.0. The molecule has 0 aliphatic rings. The minimum Gasteiger partial charge on any atom is -0.144 e. The zero-order chi connectivity index (χ0) is 18.3. The van der Waals surface area contributed by atoms with Crippen molar-refractivity contribution in [3.05, 3.63) is 102 Å². The van der Waals surface area contributed by atoms with Gasteiger partial charge in [0.2, 0.25) is 0 Å². The molecule has 4 aromatic rings. The normalized spacial score (nSPS) is 12.0. The average molecular weight is 403 g/mol. The number of benzene rings is 1. The summed E-state index contributed by atoms with van der Waals surface area (Å²) in [6.45, 7) is 0. The van der Waals surface area contributed by atoms with E-state index in [1.54, 1.807) is 34.0 Å². The van der Waals surface area contributed by atoms with Crippen molar-refractivity contribution in [1.82, 2.24) is 0 Å². The molecule has 4 rings (SSSR count). The Hall–Kier alpha value is -2.46. The fourth-order valence-electron chi connectivity index (χ4n) is 2.68. The van der Waals surface area contributed by atoms with Gasteiger partial charge in [-0.25, -0.2) is 0 Å². The molecule has 0 N–H and O–H groups in total. The highest BCUT2D eigenvalue weighted by Gasteiger charge is 1.98. The van der Waals surface area contributed by atoms with E-state index in [4.69, 9.17) is 0 Å². The fraction of sp³-hybridized carbons (Fsp3) is 0. The van der Waals surface area contributed by atoms with Gasteiger partial charge in [0, 0.05) is 14.6 Å². The first kappa shape index (κ1) is 17.9. The molecule has 0 saturated carbocycles. The molecule has 3 heterocycles. The Morgan fingerprint density at radius 1 is 0.444 bits per heavy atom. The van der Waals surface area contributed by atoms with Crippen molar-refractivity contribution in [1.29, 1.82) is 0 Å². The Kier molecular flexibility index (Phi) is 5.95. The first-order chi connectivity index (χ1) is 13.3. The average Bonchev–Trinajstić information content (AvgIpc) is 3.46. The maximum absolute atomic E-state index is 2.23. The second-order valence-electron chi connectivity index (χ2n) is 5.98. The van der Waals surface area contributed by atoms with Crippen molar-refractivity contribution in [2.24, 2.45) is 0 Å². The van der Waals surface area contributed by atoms with Crippen LogP contribution >= 0.6 is 34.0 Å². The molecule has 3 heteroatoms. The number of hydrogen-bond acceptors (Lipinski definition) is 3. The smallest absolute Gasteiger partial charge is 0.0270 e. The largest absolute Gasteiger partial charge is 0.144 e. The third kappa shape index (κ3) is 5.27. The summed E-state index contributed by atoms with van der Waals surface area (Å²) in [6, 6.07) is 19.4. The lowest BCUT2D eigenvalue weighted by Gasteiger charge is -2.02. The van der Waals surface area contributed by atoms with Crippen LogP contribution in [0.1, 0.15) is 31.3 Å². The maximum atomic E-state index is 2.23. The molecule has 0 saturated heterocycles. The molecular weight excluding hydrogens is 384 g/mol.